The van der Waals surface area contributed by atoms with Crippen LogP contribution in [-0.2, 0) is 0 Å². The molecule has 1 N–H and O–H groups in total. The van der Waals surface area contributed by atoms with Crippen molar-refractivity contribution in [3.63, 3.8) is 0 Å². The van der Waals surface area contributed by atoms with E-state index in [4.69, 9.17) is 0 Å². The molecule has 0 saturated carbocycles. The summed E-state index contributed by atoms with van der Waals surface area (Å²) in [4.78, 5) is 0. The number of rotatable bonds is 4. The van der Waals surface area contributed by atoms with E-state index in [1.54, 1.807) is 0 Å². The van der Waals surface area contributed by atoms with Gasteiger partial charge in [0.2, 0.25) is 0 Å². The Morgan fingerprint density at radius 3 is 2.54 bits per heavy atom. The highest BCUT2D eigenvalue weighted by molar-refractivity contribution is 5.43. The number of unbranched alkanes of at least 4 members (excludes halogenated alkanes) is 1. The summed E-state index contributed by atoms with van der Waals surface area (Å²) < 4.78 is 0. The molecule has 2 aliphatic rings. The Hall–Kier alpha value is -1.34. The lowest BCUT2D eigenvalue weighted by Crippen LogP contribution is -2.30. The van der Waals surface area contributed by atoms with E-state index in [0.717, 1.165) is 0 Å². The second kappa shape index (κ2) is 13.8. The standard InChI is InChI=1S/C25H39N/c1-2-3-22-26-25-19-15-11-6-4-5-8-12-16-23-17-13-9-7-10-14-18-24(23)20-21-25/h7,9-10,13-14,16-18,25-26H,2-6,8,11-12,15,19-22H2,1H3/b9-7-,14-10-,17-13-,23-16-,24-18-. The van der Waals surface area contributed by atoms with Gasteiger partial charge in [-0.25, -0.2) is 0 Å². The molecular formula is C25H39N. The van der Waals surface area contributed by atoms with Crippen LogP contribution in [0.3, 0.4) is 0 Å². The van der Waals surface area contributed by atoms with Crippen LogP contribution in [0.15, 0.2) is 59.8 Å². The predicted octanol–water partition coefficient (Wildman–Crippen LogP) is 7.19. The van der Waals surface area contributed by atoms with E-state index in [-0.39, 0.29) is 0 Å². The van der Waals surface area contributed by atoms with Crippen molar-refractivity contribution in [1.29, 1.82) is 0 Å². The van der Waals surface area contributed by atoms with Crippen LogP contribution in [0, 0.1) is 0 Å². The molecule has 26 heavy (non-hydrogen) atoms. The molecule has 2 rings (SSSR count). The lowest BCUT2D eigenvalue weighted by atomic mass is 9.93. The van der Waals surface area contributed by atoms with E-state index in [0.29, 0.717) is 6.04 Å². The van der Waals surface area contributed by atoms with E-state index in [9.17, 15) is 0 Å². The third-order valence-electron chi connectivity index (χ3n) is 5.48. The number of hydrogen-bond acceptors (Lipinski definition) is 1. The molecule has 1 heteroatoms. The first-order valence-electron chi connectivity index (χ1n) is 11.0. The highest BCUT2D eigenvalue weighted by Crippen LogP contribution is 2.23. The van der Waals surface area contributed by atoms with E-state index < -0.39 is 0 Å². The minimum atomic E-state index is 0.672. The predicted molar refractivity (Wildman–Crippen MR) is 116 cm³/mol. The third kappa shape index (κ3) is 8.85. The zero-order chi connectivity index (χ0) is 18.3. The van der Waals surface area contributed by atoms with Gasteiger partial charge in [0, 0.05) is 6.04 Å². The maximum Gasteiger partial charge on any atom is 0.00702 e. The molecule has 0 aromatic heterocycles. The molecule has 0 radical (unpaired) electrons. The van der Waals surface area contributed by atoms with Crippen LogP contribution in [0.2, 0.25) is 0 Å². The van der Waals surface area contributed by atoms with Gasteiger partial charge in [-0.1, -0.05) is 94.1 Å². The largest absolute Gasteiger partial charge is 0.314 e. The molecule has 0 aromatic rings. The van der Waals surface area contributed by atoms with Crippen LogP contribution >= 0.6 is 0 Å². The van der Waals surface area contributed by atoms with Crippen LogP contribution in [0.4, 0.5) is 0 Å². The molecule has 0 spiro atoms. The van der Waals surface area contributed by atoms with Gasteiger partial charge in [0.05, 0.1) is 0 Å². The summed E-state index contributed by atoms with van der Waals surface area (Å²) in [5.41, 5.74) is 2.94. The molecule has 1 nitrogen and oxygen atoms in total. The Balaban J connectivity index is 2.08. The molecule has 2 aliphatic carbocycles. The summed E-state index contributed by atoms with van der Waals surface area (Å²) in [6.07, 6.45) is 33.8. The van der Waals surface area contributed by atoms with Crippen molar-refractivity contribution in [3.05, 3.63) is 59.8 Å². The first-order chi connectivity index (χ1) is 12.9. The van der Waals surface area contributed by atoms with Gasteiger partial charge in [-0.15, -0.1) is 0 Å². The van der Waals surface area contributed by atoms with Crippen LogP contribution in [0.25, 0.3) is 0 Å². The second-order valence-corrected chi connectivity index (χ2v) is 7.72. The van der Waals surface area contributed by atoms with Gasteiger partial charge >= 0.3 is 0 Å². The van der Waals surface area contributed by atoms with Gasteiger partial charge in [-0.2, -0.15) is 0 Å². The fourth-order valence-corrected chi connectivity index (χ4v) is 3.81. The highest BCUT2D eigenvalue weighted by atomic mass is 14.9. The monoisotopic (exact) mass is 353 g/mol. The summed E-state index contributed by atoms with van der Waals surface area (Å²) in [5, 5.41) is 3.84. The van der Waals surface area contributed by atoms with Gasteiger partial charge in [-0.05, 0) is 56.2 Å². The van der Waals surface area contributed by atoms with Crippen molar-refractivity contribution >= 4 is 0 Å². The minimum absolute atomic E-state index is 0.672. The molecule has 0 aliphatic heterocycles. The fraction of sp³-hybridized carbons (Fsp3) is 0.600. The summed E-state index contributed by atoms with van der Waals surface area (Å²) in [6.45, 7) is 3.45. The summed E-state index contributed by atoms with van der Waals surface area (Å²) in [6, 6.07) is 0.672. The topological polar surface area (TPSA) is 12.0 Å². The highest BCUT2D eigenvalue weighted by Gasteiger charge is 2.11. The molecule has 1 unspecified atom stereocenters. The smallest absolute Gasteiger partial charge is 0.00702 e. The number of fused-ring (bicyclic) bond motifs is 1. The van der Waals surface area contributed by atoms with Crippen LogP contribution in [-0.4, -0.2) is 12.6 Å². The SMILES string of the molecule is CCCCNC1CCCCCCCC/C=C2/C=C\C=C/C=C\C=C/2CC1. The zero-order valence-electron chi connectivity index (χ0n) is 16.9. The lowest BCUT2D eigenvalue weighted by Gasteiger charge is -2.20. The molecule has 144 valence electrons. The Labute approximate surface area is 162 Å². The quantitative estimate of drug-likeness (QED) is 0.527. The Kier molecular flexibility index (Phi) is 11.1. The van der Waals surface area contributed by atoms with Crippen LogP contribution in [0.5, 0.6) is 0 Å². The summed E-state index contributed by atoms with van der Waals surface area (Å²) >= 11 is 0. The van der Waals surface area contributed by atoms with Crippen molar-refractivity contribution in [2.75, 3.05) is 6.54 Å². The van der Waals surface area contributed by atoms with Crippen molar-refractivity contribution in [2.24, 2.45) is 0 Å². The molecule has 0 fully saturated rings. The summed E-state index contributed by atoms with van der Waals surface area (Å²) in [5.74, 6) is 0. The van der Waals surface area contributed by atoms with Crippen molar-refractivity contribution < 1.29 is 0 Å². The molecule has 0 amide bonds. The molecule has 0 heterocycles. The lowest BCUT2D eigenvalue weighted by molar-refractivity contribution is 0.425. The maximum atomic E-state index is 3.84. The average molecular weight is 354 g/mol. The van der Waals surface area contributed by atoms with E-state index in [2.05, 4.69) is 60.8 Å². The normalized spacial score (nSPS) is 30.7. The van der Waals surface area contributed by atoms with Crippen LogP contribution < -0.4 is 5.32 Å². The molecule has 0 saturated heterocycles. The van der Waals surface area contributed by atoms with Crippen LogP contribution in [0.1, 0.15) is 84.0 Å². The van der Waals surface area contributed by atoms with E-state index in [1.807, 2.05) is 0 Å². The van der Waals surface area contributed by atoms with Gasteiger partial charge in [0.15, 0.2) is 0 Å². The number of hydrogen-bond donors (Lipinski definition) is 1. The van der Waals surface area contributed by atoms with Gasteiger partial charge < -0.3 is 5.32 Å². The van der Waals surface area contributed by atoms with Crippen molar-refractivity contribution in [2.45, 2.75) is 90.0 Å². The summed E-state index contributed by atoms with van der Waals surface area (Å²) in [7, 11) is 0. The Morgan fingerprint density at radius 1 is 0.885 bits per heavy atom. The second-order valence-electron chi connectivity index (χ2n) is 7.72. The number of nitrogens with one attached hydrogen (secondary N) is 1. The zero-order valence-corrected chi connectivity index (χ0v) is 16.9. The molecule has 0 bridgehead atoms. The third-order valence-corrected chi connectivity index (χ3v) is 5.48. The van der Waals surface area contributed by atoms with Crippen molar-refractivity contribution in [3.8, 4) is 0 Å². The van der Waals surface area contributed by atoms with Gasteiger partial charge in [0.25, 0.3) is 0 Å². The van der Waals surface area contributed by atoms with Gasteiger partial charge in [-0.3, -0.25) is 0 Å². The fourth-order valence-electron chi connectivity index (χ4n) is 3.81. The van der Waals surface area contributed by atoms with E-state index in [1.165, 1.54) is 94.7 Å². The van der Waals surface area contributed by atoms with Crippen molar-refractivity contribution in [1.82, 2.24) is 5.32 Å². The Morgan fingerprint density at radius 2 is 1.65 bits per heavy atom. The molecule has 0 aromatic carbocycles. The minimum Gasteiger partial charge on any atom is -0.314 e. The van der Waals surface area contributed by atoms with E-state index >= 15 is 0 Å². The van der Waals surface area contributed by atoms with Gasteiger partial charge in [0.1, 0.15) is 0 Å². The average Bonchev–Trinajstić information content (AvgIpc) is 2.76. The first-order valence-corrected chi connectivity index (χ1v) is 11.0. The number of allylic oxidation sites excluding steroid dienone is 10. The maximum absolute atomic E-state index is 3.84. The Bertz CT molecular complexity index is 518. The molecule has 1 atom stereocenters. The first kappa shape index (κ1) is 21.0. The molecular weight excluding hydrogens is 314 g/mol.